The molecule has 1 aliphatic heterocycles. The van der Waals surface area contributed by atoms with Gasteiger partial charge in [-0.05, 0) is 59.0 Å². The predicted molar refractivity (Wildman–Crippen MR) is 114 cm³/mol. The molecular weight excluding hydrogens is 459 g/mol. The van der Waals surface area contributed by atoms with Crippen molar-refractivity contribution in [3.8, 4) is 0 Å². The molecule has 0 bridgehead atoms. The van der Waals surface area contributed by atoms with E-state index in [0.717, 1.165) is 6.42 Å². The molecule has 9 heteroatoms. The minimum Gasteiger partial charge on any atom is -0.465 e. The van der Waals surface area contributed by atoms with E-state index in [0.29, 0.717) is 43.6 Å². The number of aromatic nitrogens is 2. The molecule has 0 saturated carbocycles. The molecule has 1 saturated heterocycles. The van der Waals surface area contributed by atoms with E-state index in [4.69, 9.17) is 10.8 Å². The molecule has 0 spiro atoms. The Morgan fingerprint density at radius 3 is 3.00 bits per heavy atom. The monoisotopic (exact) mass is 482 g/mol. The number of carbonyl (C=O) groups is 1. The molecule has 27 heavy (non-hydrogen) atoms. The quantitative estimate of drug-likeness (QED) is 0.468. The number of nitrogen functional groups attached to an aromatic ring is 1. The van der Waals surface area contributed by atoms with E-state index < -0.39 is 6.09 Å². The van der Waals surface area contributed by atoms with Crippen LogP contribution in [0.2, 0.25) is 0 Å². The number of amides is 1. The van der Waals surface area contributed by atoms with Crippen LogP contribution in [0.3, 0.4) is 0 Å². The zero-order chi connectivity index (χ0) is 19.4. The maximum atomic E-state index is 11.0. The van der Waals surface area contributed by atoms with Crippen molar-refractivity contribution in [2.75, 3.05) is 36.0 Å². The van der Waals surface area contributed by atoms with Gasteiger partial charge >= 0.3 is 6.09 Å². The fraction of sp³-hybridized carbons (Fsp3) is 0.389. The number of benzene rings is 1. The highest BCUT2D eigenvalue weighted by Gasteiger charge is 2.25. The first kappa shape index (κ1) is 19.5. The van der Waals surface area contributed by atoms with Crippen molar-refractivity contribution < 1.29 is 9.90 Å². The molecule has 1 amide bonds. The summed E-state index contributed by atoms with van der Waals surface area (Å²) in [6, 6.07) is 6.19. The number of anilines is 3. The second kappa shape index (κ2) is 8.59. The van der Waals surface area contributed by atoms with E-state index >= 15 is 0 Å². The number of likely N-dealkylation sites (tertiary alicyclic amines) is 1. The minimum atomic E-state index is -0.862. The van der Waals surface area contributed by atoms with Gasteiger partial charge in [0.05, 0.1) is 11.9 Å². The van der Waals surface area contributed by atoms with Crippen LogP contribution in [0.25, 0.3) is 0 Å². The molecule has 1 aromatic carbocycles. The molecule has 5 N–H and O–H groups in total. The standard InChI is InChI=1S/C18H23IN6O2/c1-11-13(3-2-4-14(11)19)8-21-16-15(20)9-23-17(24-16)22-7-12-5-6-25(10-12)18(26)27/h2-4,9,12H,5-8,10,20H2,1H3,(H,26,27)(H2,21,22,23,24). The molecule has 1 atom stereocenters. The Morgan fingerprint density at radius 2 is 2.26 bits per heavy atom. The number of carboxylic acid groups (broad SMARTS) is 1. The van der Waals surface area contributed by atoms with Gasteiger partial charge in [-0.25, -0.2) is 9.78 Å². The third-order valence-corrected chi connectivity index (χ3v) is 5.92. The van der Waals surface area contributed by atoms with E-state index in [9.17, 15) is 4.79 Å². The summed E-state index contributed by atoms with van der Waals surface area (Å²) < 4.78 is 1.22. The third kappa shape index (κ3) is 4.90. The summed E-state index contributed by atoms with van der Waals surface area (Å²) >= 11 is 2.32. The maximum Gasteiger partial charge on any atom is 0.407 e. The van der Waals surface area contributed by atoms with Crippen LogP contribution in [0.15, 0.2) is 24.4 Å². The SMILES string of the molecule is Cc1c(I)cccc1CNc1nc(NCC2CCN(C(=O)O)C2)ncc1N. The summed E-state index contributed by atoms with van der Waals surface area (Å²) in [7, 11) is 0. The first-order chi connectivity index (χ1) is 12.9. The van der Waals surface area contributed by atoms with Crippen molar-refractivity contribution in [2.24, 2.45) is 5.92 Å². The first-order valence-corrected chi connectivity index (χ1v) is 9.84. The predicted octanol–water partition coefficient (Wildman–Crippen LogP) is 3.00. The van der Waals surface area contributed by atoms with Crippen molar-refractivity contribution >= 4 is 46.1 Å². The van der Waals surface area contributed by atoms with Gasteiger partial charge < -0.3 is 26.4 Å². The van der Waals surface area contributed by atoms with Gasteiger partial charge in [-0.1, -0.05) is 12.1 Å². The van der Waals surface area contributed by atoms with Gasteiger partial charge in [0.25, 0.3) is 0 Å². The Labute approximate surface area is 171 Å². The van der Waals surface area contributed by atoms with Crippen LogP contribution in [0.5, 0.6) is 0 Å². The molecule has 0 radical (unpaired) electrons. The van der Waals surface area contributed by atoms with Gasteiger partial charge in [0.2, 0.25) is 5.95 Å². The van der Waals surface area contributed by atoms with Crippen LogP contribution in [0, 0.1) is 16.4 Å². The van der Waals surface area contributed by atoms with Gasteiger partial charge in [-0.2, -0.15) is 4.98 Å². The largest absolute Gasteiger partial charge is 0.465 e. The fourth-order valence-electron chi connectivity index (χ4n) is 3.05. The highest BCUT2D eigenvalue weighted by atomic mass is 127. The Bertz CT molecular complexity index is 831. The number of rotatable bonds is 6. The van der Waals surface area contributed by atoms with Crippen molar-refractivity contribution in [3.05, 3.63) is 39.1 Å². The lowest BCUT2D eigenvalue weighted by Crippen LogP contribution is -2.28. The van der Waals surface area contributed by atoms with Gasteiger partial charge in [-0.3, -0.25) is 0 Å². The topological polar surface area (TPSA) is 116 Å². The minimum absolute atomic E-state index is 0.257. The lowest BCUT2D eigenvalue weighted by molar-refractivity contribution is 0.154. The summed E-state index contributed by atoms with van der Waals surface area (Å²) in [4.78, 5) is 21.1. The fourth-order valence-corrected chi connectivity index (χ4v) is 3.60. The van der Waals surface area contributed by atoms with Crippen LogP contribution >= 0.6 is 22.6 Å². The van der Waals surface area contributed by atoms with Crippen LogP contribution in [-0.2, 0) is 6.54 Å². The molecule has 0 aliphatic carbocycles. The highest BCUT2D eigenvalue weighted by molar-refractivity contribution is 14.1. The van der Waals surface area contributed by atoms with E-state index in [1.54, 1.807) is 6.20 Å². The number of nitrogens with one attached hydrogen (secondary N) is 2. The Balaban J connectivity index is 1.59. The van der Waals surface area contributed by atoms with Crippen LogP contribution in [0.4, 0.5) is 22.2 Å². The average Bonchev–Trinajstić information content (AvgIpc) is 3.12. The van der Waals surface area contributed by atoms with Crippen LogP contribution in [-0.4, -0.2) is 45.7 Å². The first-order valence-electron chi connectivity index (χ1n) is 8.76. The molecule has 1 fully saturated rings. The summed E-state index contributed by atoms with van der Waals surface area (Å²) in [6.07, 6.45) is 1.56. The number of hydrogen-bond donors (Lipinski definition) is 4. The van der Waals surface area contributed by atoms with Crippen LogP contribution < -0.4 is 16.4 Å². The summed E-state index contributed by atoms with van der Waals surface area (Å²) in [5.74, 6) is 1.33. The highest BCUT2D eigenvalue weighted by Crippen LogP contribution is 2.21. The number of hydrogen-bond acceptors (Lipinski definition) is 6. The lowest BCUT2D eigenvalue weighted by atomic mass is 10.1. The molecular formula is C18H23IN6O2. The summed E-state index contributed by atoms with van der Waals surface area (Å²) in [6.45, 7) is 4.46. The molecule has 8 nitrogen and oxygen atoms in total. The van der Waals surface area contributed by atoms with Crippen molar-refractivity contribution in [1.29, 1.82) is 0 Å². The zero-order valence-electron chi connectivity index (χ0n) is 15.1. The van der Waals surface area contributed by atoms with Crippen molar-refractivity contribution in [2.45, 2.75) is 19.9 Å². The maximum absolute atomic E-state index is 11.0. The molecule has 2 aromatic rings. The van der Waals surface area contributed by atoms with Gasteiger partial charge in [0, 0.05) is 29.7 Å². The number of nitrogens with two attached hydrogens (primary N) is 1. The molecule has 1 aromatic heterocycles. The Hall–Kier alpha value is -2.30. The summed E-state index contributed by atoms with van der Waals surface area (Å²) in [5, 5.41) is 15.5. The third-order valence-electron chi connectivity index (χ3n) is 4.75. The normalized spacial score (nSPS) is 16.4. The second-order valence-corrected chi connectivity index (χ2v) is 7.80. The van der Waals surface area contributed by atoms with Gasteiger partial charge in [0.1, 0.15) is 0 Å². The van der Waals surface area contributed by atoms with Gasteiger partial charge in [0.15, 0.2) is 5.82 Å². The Kier molecular flexibility index (Phi) is 6.19. The second-order valence-electron chi connectivity index (χ2n) is 6.64. The molecule has 1 unspecified atom stereocenters. The molecule has 1 aliphatic rings. The lowest BCUT2D eigenvalue weighted by Gasteiger charge is -2.14. The Morgan fingerprint density at radius 1 is 1.44 bits per heavy atom. The molecule has 2 heterocycles. The average molecular weight is 482 g/mol. The number of nitrogens with zero attached hydrogens (tertiary/aromatic N) is 3. The van der Waals surface area contributed by atoms with E-state index in [-0.39, 0.29) is 5.92 Å². The van der Waals surface area contributed by atoms with Crippen molar-refractivity contribution in [1.82, 2.24) is 14.9 Å². The molecule has 3 rings (SSSR count). The van der Waals surface area contributed by atoms with E-state index in [1.165, 1.54) is 19.6 Å². The van der Waals surface area contributed by atoms with E-state index in [2.05, 4.69) is 62.2 Å². The smallest absolute Gasteiger partial charge is 0.407 e. The van der Waals surface area contributed by atoms with Gasteiger partial charge in [-0.15, -0.1) is 0 Å². The van der Waals surface area contributed by atoms with Crippen LogP contribution in [0.1, 0.15) is 17.5 Å². The van der Waals surface area contributed by atoms with Crippen molar-refractivity contribution in [3.63, 3.8) is 0 Å². The number of halogens is 1. The molecule has 144 valence electrons. The summed E-state index contributed by atoms with van der Waals surface area (Å²) in [5.41, 5.74) is 8.92. The zero-order valence-corrected chi connectivity index (χ0v) is 17.2. The van der Waals surface area contributed by atoms with E-state index in [1.807, 2.05) is 6.07 Å².